The maximum atomic E-state index is 13.0. The molecule has 0 unspecified atom stereocenters. The number of hydrogen-bond acceptors (Lipinski definition) is 2. The molecule has 2 nitrogen and oxygen atoms in total. The number of rotatable bonds is 5. The summed E-state index contributed by atoms with van der Waals surface area (Å²) in [5, 5.41) is 33.2. The molecule has 0 aromatic heterocycles. The third-order valence-corrected chi connectivity index (χ3v) is 10.8. The van der Waals surface area contributed by atoms with Crippen LogP contribution in [-0.2, 0) is 0 Å². The summed E-state index contributed by atoms with van der Waals surface area (Å²) in [7, 11) is 0. The third-order valence-electron chi connectivity index (χ3n) is 10.8. The van der Waals surface area contributed by atoms with Crippen molar-refractivity contribution >= 4 is 43.1 Å². The van der Waals surface area contributed by atoms with Gasteiger partial charge in [0.2, 0.25) is 0 Å². The Bertz CT molecular complexity index is 2810. The molecule has 0 aliphatic rings. The van der Waals surface area contributed by atoms with E-state index in [1.165, 1.54) is 0 Å². The van der Waals surface area contributed by atoms with E-state index in [2.05, 4.69) is 121 Å². The predicted molar refractivity (Wildman–Crippen MR) is 227 cm³/mol. The zero-order chi connectivity index (χ0) is 36.2. The molecule has 0 amide bonds. The van der Waals surface area contributed by atoms with Crippen LogP contribution in [-0.4, -0.2) is 10.2 Å². The van der Waals surface area contributed by atoms with Gasteiger partial charge in [-0.1, -0.05) is 170 Å². The first-order chi connectivity index (χ1) is 26.6. The fourth-order valence-electron chi connectivity index (χ4n) is 8.22. The quantitative estimate of drug-likeness (QED) is 0.177. The molecule has 2 N–H and O–H groups in total. The average molecular weight is 691 g/mol. The largest absolute Gasteiger partial charge is 0.507 e. The van der Waals surface area contributed by atoms with Crippen molar-refractivity contribution in [1.29, 1.82) is 0 Å². The molecule has 0 fully saturated rings. The van der Waals surface area contributed by atoms with Crippen LogP contribution in [0.3, 0.4) is 0 Å². The van der Waals surface area contributed by atoms with E-state index in [1.54, 1.807) is 0 Å². The molecule has 254 valence electrons. The van der Waals surface area contributed by atoms with Crippen molar-refractivity contribution in [3.63, 3.8) is 0 Å². The Morgan fingerprint density at radius 2 is 0.574 bits per heavy atom. The summed E-state index contributed by atoms with van der Waals surface area (Å²) in [6.07, 6.45) is 0. The first kappa shape index (κ1) is 31.6. The summed E-state index contributed by atoms with van der Waals surface area (Å²) in [5.74, 6) is 0.276. The molecule has 0 bridgehead atoms. The zero-order valence-electron chi connectivity index (χ0n) is 29.4. The molecular formula is C52H34O2. The van der Waals surface area contributed by atoms with Crippen LogP contribution < -0.4 is 0 Å². The molecule has 10 aromatic rings. The predicted octanol–water partition coefficient (Wildman–Crippen LogP) is 14.0. The fourth-order valence-corrected chi connectivity index (χ4v) is 8.22. The van der Waals surface area contributed by atoms with E-state index < -0.39 is 0 Å². The van der Waals surface area contributed by atoms with Gasteiger partial charge in [0.05, 0.1) is 0 Å². The van der Waals surface area contributed by atoms with Crippen molar-refractivity contribution in [2.75, 3.05) is 0 Å². The van der Waals surface area contributed by atoms with Gasteiger partial charge in [-0.3, -0.25) is 0 Å². The monoisotopic (exact) mass is 690 g/mol. The SMILES string of the molecule is Oc1c(-c2c(-c3ccccc3)cc3ccc4ccc(-c5ccccc5)cc4c3c2O)c(-c2ccccc2)cc2ccc3ccc(-c4ccccc4)cc3c12. The van der Waals surface area contributed by atoms with Crippen molar-refractivity contribution in [1.82, 2.24) is 0 Å². The van der Waals surface area contributed by atoms with Crippen LogP contribution in [0, 0.1) is 0 Å². The Labute approximate surface area is 313 Å². The van der Waals surface area contributed by atoms with Crippen LogP contribution in [0.2, 0.25) is 0 Å². The van der Waals surface area contributed by atoms with Crippen molar-refractivity contribution in [2.24, 2.45) is 0 Å². The fraction of sp³-hybridized carbons (Fsp3) is 0. The Morgan fingerprint density at radius 1 is 0.259 bits per heavy atom. The number of fused-ring (bicyclic) bond motifs is 6. The summed E-state index contributed by atoms with van der Waals surface area (Å²) in [6, 6.07) is 66.7. The first-order valence-electron chi connectivity index (χ1n) is 18.3. The van der Waals surface area contributed by atoms with Gasteiger partial charge in [0.1, 0.15) is 11.5 Å². The van der Waals surface area contributed by atoms with Crippen LogP contribution in [0.5, 0.6) is 11.5 Å². The number of benzene rings is 10. The van der Waals surface area contributed by atoms with Gasteiger partial charge in [-0.2, -0.15) is 0 Å². The number of phenolic OH excluding ortho intramolecular Hbond substituents is 2. The Morgan fingerprint density at radius 3 is 0.944 bits per heavy atom. The van der Waals surface area contributed by atoms with Crippen LogP contribution in [0.15, 0.2) is 194 Å². The highest BCUT2D eigenvalue weighted by atomic mass is 16.3. The van der Waals surface area contributed by atoms with Crippen LogP contribution in [0.1, 0.15) is 0 Å². The Balaban J connectivity index is 1.36. The molecule has 0 spiro atoms. The second-order valence-electron chi connectivity index (χ2n) is 14.0. The lowest BCUT2D eigenvalue weighted by Crippen LogP contribution is -1.95. The van der Waals surface area contributed by atoms with E-state index >= 15 is 0 Å². The summed E-state index contributed by atoms with van der Waals surface area (Å²) in [4.78, 5) is 0. The average Bonchev–Trinajstić information content (AvgIpc) is 3.24. The Hall–Kier alpha value is -7.16. The van der Waals surface area contributed by atoms with E-state index in [0.717, 1.165) is 87.6 Å². The standard InChI is InChI=1S/C52H34O2/c53-51-47-41(27-23-37-21-25-39(29-43(37)47)33-13-5-1-6-14-33)31-45(35-17-9-3-10-18-35)49(51)50-46(36-19-11-4-12-20-36)32-42-28-24-38-22-26-40(34-15-7-2-8-16-34)30-44(38)48(42)52(50)54/h1-32,53-54H. The molecule has 0 saturated heterocycles. The van der Waals surface area contributed by atoms with Gasteiger partial charge in [-0.15, -0.1) is 0 Å². The second-order valence-corrected chi connectivity index (χ2v) is 14.0. The van der Waals surface area contributed by atoms with E-state index in [0.29, 0.717) is 11.1 Å². The zero-order valence-corrected chi connectivity index (χ0v) is 29.4. The lowest BCUT2D eigenvalue weighted by Gasteiger charge is -2.22. The maximum absolute atomic E-state index is 13.0. The second kappa shape index (κ2) is 12.8. The normalized spacial score (nSPS) is 11.5. The van der Waals surface area contributed by atoms with Gasteiger partial charge in [0, 0.05) is 21.9 Å². The van der Waals surface area contributed by atoms with E-state index in [9.17, 15) is 10.2 Å². The summed E-state index contributed by atoms with van der Waals surface area (Å²) < 4.78 is 0. The Kier molecular flexibility index (Phi) is 7.49. The molecule has 0 aliphatic carbocycles. The summed E-state index contributed by atoms with van der Waals surface area (Å²) in [5.41, 5.74) is 9.14. The number of hydrogen-bond donors (Lipinski definition) is 2. The minimum atomic E-state index is 0.138. The van der Waals surface area contributed by atoms with Crippen molar-refractivity contribution in [2.45, 2.75) is 0 Å². The van der Waals surface area contributed by atoms with E-state index in [-0.39, 0.29) is 11.5 Å². The van der Waals surface area contributed by atoms with Crippen LogP contribution >= 0.6 is 0 Å². The van der Waals surface area contributed by atoms with Crippen molar-refractivity contribution in [3.8, 4) is 67.1 Å². The molecule has 10 rings (SSSR count). The van der Waals surface area contributed by atoms with Gasteiger partial charge in [-0.25, -0.2) is 0 Å². The molecule has 0 radical (unpaired) electrons. The van der Waals surface area contributed by atoms with Gasteiger partial charge < -0.3 is 10.2 Å². The highest BCUT2D eigenvalue weighted by Gasteiger charge is 2.26. The molecular weight excluding hydrogens is 657 g/mol. The van der Waals surface area contributed by atoms with Crippen molar-refractivity contribution < 1.29 is 10.2 Å². The highest BCUT2D eigenvalue weighted by Crippen LogP contribution is 2.54. The maximum Gasteiger partial charge on any atom is 0.132 e. The van der Waals surface area contributed by atoms with Gasteiger partial charge >= 0.3 is 0 Å². The summed E-state index contributed by atoms with van der Waals surface area (Å²) in [6.45, 7) is 0. The topological polar surface area (TPSA) is 40.5 Å². The van der Waals surface area contributed by atoms with Gasteiger partial charge in [0.15, 0.2) is 0 Å². The van der Waals surface area contributed by atoms with Gasteiger partial charge in [-0.05, 0) is 101 Å². The first-order valence-corrected chi connectivity index (χ1v) is 18.3. The number of aromatic hydroxyl groups is 2. The minimum Gasteiger partial charge on any atom is -0.507 e. The lowest BCUT2D eigenvalue weighted by atomic mass is 9.83. The molecule has 2 heteroatoms. The van der Waals surface area contributed by atoms with Crippen molar-refractivity contribution in [3.05, 3.63) is 194 Å². The smallest absolute Gasteiger partial charge is 0.132 e. The van der Waals surface area contributed by atoms with Gasteiger partial charge in [0.25, 0.3) is 0 Å². The lowest BCUT2D eigenvalue weighted by molar-refractivity contribution is 0.476. The van der Waals surface area contributed by atoms with E-state index in [4.69, 9.17) is 0 Å². The number of phenols is 2. The highest BCUT2D eigenvalue weighted by molar-refractivity contribution is 6.21. The third kappa shape index (κ3) is 5.19. The van der Waals surface area contributed by atoms with Crippen LogP contribution in [0.25, 0.3) is 98.7 Å². The molecule has 10 aromatic carbocycles. The molecule has 0 atom stereocenters. The molecule has 54 heavy (non-hydrogen) atoms. The molecule has 0 aliphatic heterocycles. The van der Waals surface area contributed by atoms with E-state index in [1.807, 2.05) is 72.8 Å². The molecule has 0 saturated carbocycles. The minimum absolute atomic E-state index is 0.138. The van der Waals surface area contributed by atoms with Crippen LogP contribution in [0.4, 0.5) is 0 Å². The summed E-state index contributed by atoms with van der Waals surface area (Å²) >= 11 is 0. The molecule has 0 heterocycles.